The van der Waals surface area contributed by atoms with Gasteiger partial charge in [0.15, 0.2) is 0 Å². The van der Waals surface area contributed by atoms with Gasteiger partial charge in [0, 0.05) is 17.6 Å². The lowest BCUT2D eigenvalue weighted by Gasteiger charge is -2.08. The molecule has 2 aromatic carbocycles. The fraction of sp³-hybridized carbons (Fsp3) is 0.250. The molecule has 19 heavy (non-hydrogen) atoms. The van der Waals surface area contributed by atoms with Crippen molar-refractivity contribution >= 4 is 15.9 Å². The van der Waals surface area contributed by atoms with E-state index in [9.17, 15) is 0 Å². The Hall–Kier alpha value is -1.32. The van der Waals surface area contributed by atoms with Crippen LogP contribution in [0, 0.1) is 0 Å². The van der Waals surface area contributed by atoms with Crippen molar-refractivity contribution in [2.45, 2.75) is 20.0 Å². The van der Waals surface area contributed by atoms with Crippen LogP contribution in [0.3, 0.4) is 0 Å². The Balaban J connectivity index is 1.84. The molecule has 0 amide bonds. The van der Waals surface area contributed by atoms with Gasteiger partial charge in [-0.3, -0.25) is 0 Å². The van der Waals surface area contributed by atoms with E-state index in [0.717, 1.165) is 23.3 Å². The molecule has 2 rings (SSSR count). The zero-order valence-electron chi connectivity index (χ0n) is 11.0. The first-order chi connectivity index (χ1) is 9.29. The predicted molar refractivity (Wildman–Crippen MR) is 82.3 cm³/mol. The van der Waals surface area contributed by atoms with Gasteiger partial charge in [0.05, 0.1) is 6.61 Å². The second-order valence-corrected chi connectivity index (χ2v) is 5.13. The lowest BCUT2D eigenvalue weighted by Crippen LogP contribution is -2.12. The summed E-state index contributed by atoms with van der Waals surface area (Å²) in [4.78, 5) is 0. The molecule has 3 heteroatoms. The van der Waals surface area contributed by atoms with E-state index < -0.39 is 0 Å². The van der Waals surface area contributed by atoms with Crippen molar-refractivity contribution < 1.29 is 4.74 Å². The molecule has 0 saturated carbocycles. The summed E-state index contributed by atoms with van der Waals surface area (Å²) in [6.07, 6.45) is 0. The van der Waals surface area contributed by atoms with Crippen LogP contribution in [0.4, 0.5) is 0 Å². The van der Waals surface area contributed by atoms with E-state index >= 15 is 0 Å². The quantitative estimate of drug-likeness (QED) is 0.864. The van der Waals surface area contributed by atoms with Crippen LogP contribution in [0.1, 0.15) is 18.1 Å². The maximum Gasteiger partial charge on any atom is 0.119 e. The Morgan fingerprint density at radius 1 is 1.00 bits per heavy atom. The van der Waals surface area contributed by atoms with E-state index in [4.69, 9.17) is 4.74 Å². The van der Waals surface area contributed by atoms with Crippen molar-refractivity contribution in [3.8, 4) is 5.75 Å². The Morgan fingerprint density at radius 2 is 1.74 bits per heavy atom. The Kier molecular flexibility index (Phi) is 5.43. The van der Waals surface area contributed by atoms with E-state index in [-0.39, 0.29) is 0 Å². The second-order valence-electron chi connectivity index (χ2n) is 4.27. The SMILES string of the molecule is CCOc1ccc(CNCc2ccccc2Br)cc1. The number of ether oxygens (including phenoxy) is 1. The van der Waals surface area contributed by atoms with Crippen LogP contribution in [-0.4, -0.2) is 6.61 Å². The molecular formula is C16H18BrNO. The highest BCUT2D eigenvalue weighted by atomic mass is 79.9. The predicted octanol–water partition coefficient (Wildman–Crippen LogP) is 4.14. The van der Waals surface area contributed by atoms with Gasteiger partial charge in [-0.1, -0.05) is 46.3 Å². The highest BCUT2D eigenvalue weighted by Crippen LogP contribution is 2.16. The number of benzene rings is 2. The summed E-state index contributed by atoms with van der Waals surface area (Å²) >= 11 is 3.55. The zero-order valence-corrected chi connectivity index (χ0v) is 12.6. The molecule has 2 aromatic rings. The van der Waals surface area contributed by atoms with Gasteiger partial charge in [-0.15, -0.1) is 0 Å². The lowest BCUT2D eigenvalue weighted by atomic mass is 10.2. The molecule has 0 atom stereocenters. The third-order valence-corrected chi connectivity index (χ3v) is 3.61. The van der Waals surface area contributed by atoms with E-state index in [1.807, 2.05) is 25.1 Å². The van der Waals surface area contributed by atoms with Crippen LogP contribution in [-0.2, 0) is 13.1 Å². The first-order valence-electron chi connectivity index (χ1n) is 6.45. The summed E-state index contributed by atoms with van der Waals surface area (Å²) in [6.45, 7) is 4.41. The van der Waals surface area contributed by atoms with Gasteiger partial charge in [0.2, 0.25) is 0 Å². The van der Waals surface area contributed by atoms with Crippen molar-refractivity contribution in [3.05, 3.63) is 64.1 Å². The highest BCUT2D eigenvalue weighted by molar-refractivity contribution is 9.10. The Morgan fingerprint density at radius 3 is 2.42 bits per heavy atom. The van der Waals surface area contributed by atoms with Gasteiger partial charge in [0.1, 0.15) is 5.75 Å². The number of hydrogen-bond donors (Lipinski definition) is 1. The molecule has 0 unspecified atom stereocenters. The number of hydrogen-bond acceptors (Lipinski definition) is 2. The third kappa shape index (κ3) is 4.37. The molecule has 0 bridgehead atoms. The van der Waals surface area contributed by atoms with Crippen LogP contribution in [0.2, 0.25) is 0 Å². The molecule has 1 N–H and O–H groups in total. The van der Waals surface area contributed by atoms with Gasteiger partial charge in [-0.25, -0.2) is 0 Å². The van der Waals surface area contributed by atoms with Gasteiger partial charge in [-0.05, 0) is 36.2 Å². The van der Waals surface area contributed by atoms with Crippen LogP contribution in [0.5, 0.6) is 5.75 Å². The largest absolute Gasteiger partial charge is 0.494 e. The molecule has 0 heterocycles. The second kappa shape index (κ2) is 7.31. The van der Waals surface area contributed by atoms with E-state index in [0.29, 0.717) is 6.61 Å². The average Bonchev–Trinajstić information content (AvgIpc) is 2.43. The molecule has 0 spiro atoms. The average molecular weight is 320 g/mol. The molecule has 0 fully saturated rings. The fourth-order valence-corrected chi connectivity index (χ4v) is 2.28. The standard InChI is InChI=1S/C16H18BrNO/c1-2-19-15-9-7-13(8-10-15)11-18-12-14-5-3-4-6-16(14)17/h3-10,18H,2,11-12H2,1H3. The van der Waals surface area contributed by atoms with Crippen LogP contribution in [0.25, 0.3) is 0 Å². The van der Waals surface area contributed by atoms with Crippen molar-refractivity contribution in [1.29, 1.82) is 0 Å². The minimum Gasteiger partial charge on any atom is -0.494 e. The van der Waals surface area contributed by atoms with E-state index in [2.05, 4.69) is 51.6 Å². The van der Waals surface area contributed by atoms with E-state index in [1.54, 1.807) is 0 Å². The Bertz CT molecular complexity index is 510. The zero-order chi connectivity index (χ0) is 13.5. The molecule has 0 saturated heterocycles. The molecule has 0 aliphatic carbocycles. The molecular weight excluding hydrogens is 302 g/mol. The Labute approximate surface area is 122 Å². The first-order valence-corrected chi connectivity index (χ1v) is 7.24. The number of nitrogens with one attached hydrogen (secondary N) is 1. The molecule has 2 nitrogen and oxygen atoms in total. The van der Waals surface area contributed by atoms with E-state index in [1.165, 1.54) is 11.1 Å². The molecule has 0 aliphatic heterocycles. The third-order valence-electron chi connectivity index (χ3n) is 2.84. The number of rotatable bonds is 6. The molecule has 0 radical (unpaired) electrons. The van der Waals surface area contributed by atoms with Crippen molar-refractivity contribution in [3.63, 3.8) is 0 Å². The van der Waals surface area contributed by atoms with Gasteiger partial charge < -0.3 is 10.1 Å². The van der Waals surface area contributed by atoms with Crippen molar-refractivity contribution in [1.82, 2.24) is 5.32 Å². The molecule has 0 aromatic heterocycles. The highest BCUT2D eigenvalue weighted by Gasteiger charge is 1.99. The maximum atomic E-state index is 5.42. The van der Waals surface area contributed by atoms with Crippen LogP contribution >= 0.6 is 15.9 Å². The minimum absolute atomic E-state index is 0.708. The molecule has 100 valence electrons. The van der Waals surface area contributed by atoms with Gasteiger partial charge in [0.25, 0.3) is 0 Å². The van der Waals surface area contributed by atoms with Gasteiger partial charge >= 0.3 is 0 Å². The summed E-state index contributed by atoms with van der Waals surface area (Å²) in [7, 11) is 0. The summed E-state index contributed by atoms with van der Waals surface area (Å²) in [5, 5.41) is 3.44. The van der Waals surface area contributed by atoms with Crippen LogP contribution in [0.15, 0.2) is 53.0 Å². The van der Waals surface area contributed by atoms with Crippen molar-refractivity contribution in [2.24, 2.45) is 0 Å². The van der Waals surface area contributed by atoms with Crippen molar-refractivity contribution in [2.75, 3.05) is 6.61 Å². The topological polar surface area (TPSA) is 21.3 Å². The summed E-state index contributed by atoms with van der Waals surface area (Å²) < 4.78 is 6.57. The summed E-state index contributed by atoms with van der Waals surface area (Å²) in [5.41, 5.74) is 2.53. The summed E-state index contributed by atoms with van der Waals surface area (Å²) in [5.74, 6) is 0.928. The first kappa shape index (κ1) is 14.1. The number of halogens is 1. The normalized spacial score (nSPS) is 10.4. The van der Waals surface area contributed by atoms with Gasteiger partial charge in [-0.2, -0.15) is 0 Å². The lowest BCUT2D eigenvalue weighted by molar-refractivity contribution is 0.340. The fourth-order valence-electron chi connectivity index (χ4n) is 1.85. The molecule has 0 aliphatic rings. The maximum absolute atomic E-state index is 5.42. The monoisotopic (exact) mass is 319 g/mol. The van der Waals surface area contributed by atoms with Crippen LogP contribution < -0.4 is 10.1 Å². The smallest absolute Gasteiger partial charge is 0.119 e. The minimum atomic E-state index is 0.708. The summed E-state index contributed by atoms with van der Waals surface area (Å²) in [6, 6.07) is 16.5.